The molecule has 0 aliphatic rings. The minimum atomic E-state index is -1.05. The molecule has 0 spiro atoms. The first kappa shape index (κ1) is 11.8. The van der Waals surface area contributed by atoms with Crippen LogP contribution in [0.4, 0.5) is 5.82 Å². The standard InChI is InChI=1S/C10H13ClN2O2/c1-6(2)5-13-9-8(11)7(10(14)15)3-4-12-9/h3-4,6H,5H2,1-2H3,(H,12,13)(H,14,15). The van der Waals surface area contributed by atoms with Crippen LogP contribution < -0.4 is 5.32 Å². The lowest BCUT2D eigenvalue weighted by molar-refractivity contribution is 0.0697. The number of halogens is 1. The molecule has 0 atom stereocenters. The van der Waals surface area contributed by atoms with Crippen molar-refractivity contribution < 1.29 is 9.90 Å². The molecule has 0 fully saturated rings. The van der Waals surface area contributed by atoms with Gasteiger partial charge < -0.3 is 10.4 Å². The highest BCUT2D eigenvalue weighted by Crippen LogP contribution is 2.23. The topological polar surface area (TPSA) is 62.2 Å². The van der Waals surface area contributed by atoms with Crippen molar-refractivity contribution in [2.45, 2.75) is 13.8 Å². The Kier molecular flexibility index (Phi) is 3.91. The number of rotatable bonds is 4. The van der Waals surface area contributed by atoms with Gasteiger partial charge in [0.1, 0.15) is 5.82 Å². The van der Waals surface area contributed by atoms with Crippen LogP contribution in [0.15, 0.2) is 12.3 Å². The van der Waals surface area contributed by atoms with Crippen LogP contribution in [0, 0.1) is 5.92 Å². The van der Waals surface area contributed by atoms with E-state index in [2.05, 4.69) is 10.3 Å². The van der Waals surface area contributed by atoms with Crippen molar-refractivity contribution in [2.75, 3.05) is 11.9 Å². The summed E-state index contributed by atoms with van der Waals surface area (Å²) in [6, 6.07) is 1.38. The molecule has 0 amide bonds. The number of pyridine rings is 1. The Morgan fingerprint density at radius 1 is 1.67 bits per heavy atom. The number of aromatic nitrogens is 1. The summed E-state index contributed by atoms with van der Waals surface area (Å²) in [4.78, 5) is 14.8. The maximum atomic E-state index is 10.8. The van der Waals surface area contributed by atoms with Crippen molar-refractivity contribution in [2.24, 2.45) is 5.92 Å². The van der Waals surface area contributed by atoms with Gasteiger partial charge in [0.15, 0.2) is 0 Å². The fourth-order valence-corrected chi connectivity index (χ4v) is 1.29. The largest absolute Gasteiger partial charge is 0.478 e. The van der Waals surface area contributed by atoms with E-state index in [-0.39, 0.29) is 10.6 Å². The van der Waals surface area contributed by atoms with E-state index in [1.165, 1.54) is 12.3 Å². The number of carboxylic acids is 1. The lowest BCUT2D eigenvalue weighted by Gasteiger charge is -2.10. The molecular weight excluding hydrogens is 216 g/mol. The second-order valence-electron chi connectivity index (χ2n) is 3.60. The van der Waals surface area contributed by atoms with Crippen molar-refractivity contribution in [3.63, 3.8) is 0 Å². The first-order valence-corrected chi connectivity index (χ1v) is 5.01. The summed E-state index contributed by atoms with van der Waals surface area (Å²) in [5.74, 6) is -0.184. The Morgan fingerprint density at radius 2 is 2.33 bits per heavy atom. The van der Waals surface area contributed by atoms with Gasteiger partial charge in [-0.2, -0.15) is 0 Å². The second-order valence-corrected chi connectivity index (χ2v) is 3.98. The van der Waals surface area contributed by atoms with Gasteiger partial charge in [-0.15, -0.1) is 0 Å². The highest BCUT2D eigenvalue weighted by atomic mass is 35.5. The Morgan fingerprint density at radius 3 is 2.87 bits per heavy atom. The first-order chi connectivity index (χ1) is 7.02. The molecule has 0 aliphatic carbocycles. The molecule has 1 aromatic heterocycles. The molecule has 0 bridgehead atoms. The van der Waals surface area contributed by atoms with Crippen molar-refractivity contribution in [1.82, 2.24) is 4.98 Å². The molecule has 5 heteroatoms. The van der Waals surface area contributed by atoms with Crippen LogP contribution >= 0.6 is 11.6 Å². The van der Waals surface area contributed by atoms with Gasteiger partial charge in [0.05, 0.1) is 10.6 Å². The first-order valence-electron chi connectivity index (χ1n) is 4.64. The zero-order valence-corrected chi connectivity index (χ0v) is 9.38. The molecule has 1 rings (SSSR count). The monoisotopic (exact) mass is 228 g/mol. The Balaban J connectivity index is 2.89. The smallest absolute Gasteiger partial charge is 0.337 e. The quantitative estimate of drug-likeness (QED) is 0.831. The maximum Gasteiger partial charge on any atom is 0.337 e. The van der Waals surface area contributed by atoms with E-state index in [0.717, 1.165) is 0 Å². The average Bonchev–Trinajstić information content (AvgIpc) is 2.15. The van der Waals surface area contributed by atoms with Gasteiger partial charge in [0.2, 0.25) is 0 Å². The van der Waals surface area contributed by atoms with E-state index in [4.69, 9.17) is 16.7 Å². The molecule has 0 saturated carbocycles. The zero-order valence-electron chi connectivity index (χ0n) is 8.62. The Hall–Kier alpha value is -1.29. The molecule has 0 radical (unpaired) electrons. The third kappa shape index (κ3) is 3.09. The minimum absolute atomic E-state index is 0.0675. The van der Waals surface area contributed by atoms with Crippen LogP contribution in [0.3, 0.4) is 0 Å². The van der Waals surface area contributed by atoms with E-state index in [9.17, 15) is 4.79 Å². The fourth-order valence-electron chi connectivity index (χ4n) is 1.03. The van der Waals surface area contributed by atoms with E-state index in [0.29, 0.717) is 18.3 Å². The summed E-state index contributed by atoms with van der Waals surface area (Å²) in [6.07, 6.45) is 1.43. The molecule has 1 heterocycles. The number of aromatic carboxylic acids is 1. The molecule has 0 saturated heterocycles. The van der Waals surface area contributed by atoms with Gasteiger partial charge in [0, 0.05) is 12.7 Å². The molecule has 4 nitrogen and oxygen atoms in total. The van der Waals surface area contributed by atoms with E-state index in [1.807, 2.05) is 13.8 Å². The summed E-state index contributed by atoms with van der Waals surface area (Å²) >= 11 is 5.88. The predicted molar refractivity (Wildman–Crippen MR) is 59.5 cm³/mol. The van der Waals surface area contributed by atoms with Crippen molar-refractivity contribution in [3.05, 3.63) is 22.8 Å². The van der Waals surface area contributed by atoms with Gasteiger partial charge in [-0.05, 0) is 12.0 Å². The number of carbonyl (C=O) groups is 1. The van der Waals surface area contributed by atoms with Crippen LogP contribution in [0.25, 0.3) is 0 Å². The number of hydrogen-bond acceptors (Lipinski definition) is 3. The number of nitrogens with zero attached hydrogens (tertiary/aromatic N) is 1. The zero-order chi connectivity index (χ0) is 11.4. The van der Waals surface area contributed by atoms with Gasteiger partial charge in [-0.3, -0.25) is 0 Å². The van der Waals surface area contributed by atoms with Crippen LogP contribution in [-0.4, -0.2) is 22.6 Å². The fraction of sp³-hybridized carbons (Fsp3) is 0.400. The number of hydrogen-bond donors (Lipinski definition) is 2. The molecular formula is C10H13ClN2O2. The van der Waals surface area contributed by atoms with Gasteiger partial charge in [-0.25, -0.2) is 9.78 Å². The molecule has 0 aromatic carbocycles. The van der Waals surface area contributed by atoms with Crippen molar-refractivity contribution in [3.8, 4) is 0 Å². The molecule has 82 valence electrons. The van der Waals surface area contributed by atoms with Crippen LogP contribution in [-0.2, 0) is 0 Å². The third-order valence-corrected chi connectivity index (χ3v) is 2.18. The molecule has 0 aliphatic heterocycles. The summed E-state index contributed by atoms with van der Waals surface area (Å²) in [7, 11) is 0. The average molecular weight is 229 g/mol. The van der Waals surface area contributed by atoms with Crippen molar-refractivity contribution >= 4 is 23.4 Å². The van der Waals surface area contributed by atoms with Gasteiger partial charge in [0.25, 0.3) is 0 Å². The molecule has 0 unspecified atom stereocenters. The SMILES string of the molecule is CC(C)CNc1nccc(C(=O)O)c1Cl. The molecule has 2 N–H and O–H groups in total. The van der Waals surface area contributed by atoms with Crippen LogP contribution in [0.1, 0.15) is 24.2 Å². The lowest BCUT2D eigenvalue weighted by atomic mass is 10.2. The molecule has 1 aromatic rings. The maximum absolute atomic E-state index is 10.8. The van der Waals surface area contributed by atoms with Gasteiger partial charge >= 0.3 is 5.97 Å². The Labute approximate surface area is 93.3 Å². The van der Waals surface area contributed by atoms with Crippen molar-refractivity contribution in [1.29, 1.82) is 0 Å². The minimum Gasteiger partial charge on any atom is -0.478 e. The lowest BCUT2D eigenvalue weighted by Crippen LogP contribution is -2.11. The van der Waals surface area contributed by atoms with Gasteiger partial charge in [-0.1, -0.05) is 25.4 Å². The highest BCUT2D eigenvalue weighted by Gasteiger charge is 2.12. The molecule has 15 heavy (non-hydrogen) atoms. The number of anilines is 1. The van der Waals surface area contributed by atoms with E-state index >= 15 is 0 Å². The third-order valence-electron chi connectivity index (χ3n) is 1.80. The number of nitrogens with one attached hydrogen (secondary N) is 1. The normalized spacial score (nSPS) is 10.4. The predicted octanol–water partition coefficient (Wildman–Crippen LogP) is 2.50. The second kappa shape index (κ2) is 4.98. The summed E-state index contributed by atoms with van der Waals surface area (Å²) in [6.45, 7) is 4.79. The summed E-state index contributed by atoms with van der Waals surface area (Å²) in [5.41, 5.74) is 0.0675. The van der Waals surface area contributed by atoms with E-state index < -0.39 is 5.97 Å². The summed E-state index contributed by atoms with van der Waals surface area (Å²) < 4.78 is 0. The van der Waals surface area contributed by atoms with Crippen LogP contribution in [0.2, 0.25) is 5.02 Å². The Bertz CT molecular complexity index is 366. The van der Waals surface area contributed by atoms with E-state index in [1.54, 1.807) is 0 Å². The van der Waals surface area contributed by atoms with Crippen LogP contribution in [0.5, 0.6) is 0 Å². The highest BCUT2D eigenvalue weighted by molar-refractivity contribution is 6.35. The number of carboxylic acid groups (broad SMARTS) is 1. The summed E-state index contributed by atoms with van der Waals surface area (Å²) in [5, 5.41) is 12.0.